The standard InChI is InChI=1S/C10H15F3N4/c1-4-7-15-8(14)6(2)9(16-7)17(3)5-10(11,12)13/h4-5H2,1-3H3,(H2,14,15,16). The Hall–Kier alpha value is -1.53. The third-order valence-corrected chi connectivity index (χ3v) is 2.30. The normalized spacial score (nSPS) is 11.6. The molecule has 1 heterocycles. The molecule has 0 atom stereocenters. The van der Waals surface area contributed by atoms with Crippen LogP contribution in [0.5, 0.6) is 0 Å². The van der Waals surface area contributed by atoms with Crippen LogP contribution in [-0.4, -0.2) is 29.7 Å². The predicted molar refractivity (Wildman–Crippen MR) is 59.9 cm³/mol. The largest absolute Gasteiger partial charge is 0.405 e. The number of halogens is 3. The fourth-order valence-electron chi connectivity index (χ4n) is 1.44. The van der Waals surface area contributed by atoms with Crippen molar-refractivity contribution >= 4 is 11.6 Å². The number of anilines is 2. The first-order valence-electron chi connectivity index (χ1n) is 5.15. The molecule has 0 aliphatic heterocycles. The molecule has 0 aliphatic carbocycles. The lowest BCUT2D eigenvalue weighted by Crippen LogP contribution is -2.32. The number of nitrogens with two attached hydrogens (primary N) is 1. The molecule has 0 saturated heterocycles. The first kappa shape index (κ1) is 13.5. The van der Waals surface area contributed by atoms with Gasteiger partial charge in [-0.3, -0.25) is 0 Å². The molecule has 2 N–H and O–H groups in total. The quantitative estimate of drug-likeness (QED) is 0.888. The summed E-state index contributed by atoms with van der Waals surface area (Å²) in [5, 5.41) is 0. The van der Waals surface area contributed by atoms with Crippen LogP contribution in [0.4, 0.5) is 24.8 Å². The average molecular weight is 248 g/mol. The van der Waals surface area contributed by atoms with Gasteiger partial charge in [0.05, 0.1) is 0 Å². The van der Waals surface area contributed by atoms with Crippen molar-refractivity contribution < 1.29 is 13.2 Å². The second-order valence-corrected chi connectivity index (χ2v) is 3.80. The van der Waals surface area contributed by atoms with E-state index in [4.69, 9.17) is 5.73 Å². The van der Waals surface area contributed by atoms with Crippen LogP contribution < -0.4 is 10.6 Å². The highest BCUT2D eigenvalue weighted by Crippen LogP contribution is 2.24. The molecule has 0 fully saturated rings. The molecule has 0 spiro atoms. The maximum Gasteiger partial charge on any atom is 0.405 e. The Morgan fingerprint density at radius 2 is 1.88 bits per heavy atom. The molecule has 0 aromatic carbocycles. The summed E-state index contributed by atoms with van der Waals surface area (Å²) < 4.78 is 36.9. The summed E-state index contributed by atoms with van der Waals surface area (Å²) in [6.45, 7) is 2.36. The number of nitrogens with zero attached hydrogens (tertiary/aromatic N) is 3. The molecule has 0 amide bonds. The molecule has 0 bridgehead atoms. The van der Waals surface area contributed by atoms with Crippen molar-refractivity contribution in [3.8, 4) is 0 Å². The first-order chi connectivity index (χ1) is 7.74. The molecule has 0 radical (unpaired) electrons. The Bertz CT molecular complexity index is 403. The summed E-state index contributed by atoms with van der Waals surface area (Å²) in [7, 11) is 1.34. The summed E-state index contributed by atoms with van der Waals surface area (Å²) in [6, 6.07) is 0. The van der Waals surface area contributed by atoms with Crippen LogP contribution in [0.15, 0.2) is 0 Å². The molecule has 7 heteroatoms. The molecule has 1 aromatic heterocycles. The zero-order chi connectivity index (χ0) is 13.2. The number of aromatic nitrogens is 2. The Morgan fingerprint density at radius 3 is 2.35 bits per heavy atom. The minimum absolute atomic E-state index is 0.223. The summed E-state index contributed by atoms with van der Waals surface area (Å²) in [5.41, 5.74) is 6.11. The number of hydrogen-bond donors (Lipinski definition) is 1. The van der Waals surface area contributed by atoms with Gasteiger partial charge in [-0.15, -0.1) is 0 Å². The van der Waals surface area contributed by atoms with Crippen LogP contribution in [0.1, 0.15) is 18.3 Å². The van der Waals surface area contributed by atoms with Gasteiger partial charge >= 0.3 is 6.18 Å². The van der Waals surface area contributed by atoms with Gasteiger partial charge in [0.2, 0.25) is 0 Å². The third kappa shape index (κ3) is 3.47. The van der Waals surface area contributed by atoms with Gasteiger partial charge in [-0.2, -0.15) is 13.2 Å². The lowest BCUT2D eigenvalue weighted by atomic mass is 10.2. The van der Waals surface area contributed by atoms with E-state index >= 15 is 0 Å². The third-order valence-electron chi connectivity index (χ3n) is 2.30. The molecular weight excluding hydrogens is 233 g/mol. The second kappa shape index (κ2) is 4.77. The van der Waals surface area contributed by atoms with Crippen molar-refractivity contribution in [2.75, 3.05) is 24.2 Å². The SMILES string of the molecule is CCc1nc(N)c(C)c(N(C)CC(F)(F)F)n1. The fourth-order valence-corrected chi connectivity index (χ4v) is 1.44. The van der Waals surface area contributed by atoms with Gasteiger partial charge in [0.25, 0.3) is 0 Å². The number of hydrogen-bond acceptors (Lipinski definition) is 4. The van der Waals surface area contributed by atoms with Crippen molar-refractivity contribution in [1.29, 1.82) is 0 Å². The van der Waals surface area contributed by atoms with Gasteiger partial charge in [-0.05, 0) is 6.92 Å². The van der Waals surface area contributed by atoms with Crippen LogP contribution in [0.3, 0.4) is 0 Å². The first-order valence-corrected chi connectivity index (χ1v) is 5.15. The molecule has 1 aromatic rings. The molecular formula is C10H15F3N4. The Labute approximate surface area is 97.7 Å². The maximum atomic E-state index is 12.3. The predicted octanol–water partition coefficient (Wildman–Crippen LogP) is 1.93. The van der Waals surface area contributed by atoms with E-state index in [1.165, 1.54) is 7.05 Å². The number of rotatable bonds is 3. The molecule has 0 saturated carbocycles. The molecule has 1 rings (SSSR count). The van der Waals surface area contributed by atoms with E-state index in [1.807, 2.05) is 6.92 Å². The highest BCUT2D eigenvalue weighted by Gasteiger charge is 2.30. The van der Waals surface area contributed by atoms with E-state index in [9.17, 15) is 13.2 Å². The Kier molecular flexibility index (Phi) is 3.79. The van der Waals surface area contributed by atoms with Crippen LogP contribution in [0, 0.1) is 6.92 Å². The monoisotopic (exact) mass is 248 g/mol. The summed E-state index contributed by atoms with van der Waals surface area (Å²) in [4.78, 5) is 9.09. The van der Waals surface area contributed by atoms with Gasteiger partial charge in [0, 0.05) is 19.0 Å². The van der Waals surface area contributed by atoms with Gasteiger partial charge in [0.15, 0.2) is 0 Å². The van der Waals surface area contributed by atoms with Crippen molar-refractivity contribution in [3.05, 3.63) is 11.4 Å². The van der Waals surface area contributed by atoms with Crippen LogP contribution >= 0.6 is 0 Å². The maximum absolute atomic E-state index is 12.3. The van der Waals surface area contributed by atoms with E-state index in [0.717, 1.165) is 4.90 Å². The highest BCUT2D eigenvalue weighted by atomic mass is 19.4. The summed E-state index contributed by atoms with van der Waals surface area (Å²) >= 11 is 0. The lowest BCUT2D eigenvalue weighted by molar-refractivity contribution is -0.119. The summed E-state index contributed by atoms with van der Waals surface area (Å²) in [6.07, 6.45) is -3.75. The summed E-state index contributed by atoms with van der Waals surface area (Å²) in [5.74, 6) is 0.893. The van der Waals surface area contributed by atoms with Crippen LogP contribution in [0.25, 0.3) is 0 Å². The molecule has 96 valence electrons. The van der Waals surface area contributed by atoms with E-state index in [-0.39, 0.29) is 11.6 Å². The van der Waals surface area contributed by atoms with Crippen molar-refractivity contribution in [1.82, 2.24) is 9.97 Å². The Balaban J connectivity index is 3.08. The van der Waals surface area contributed by atoms with Gasteiger partial charge in [-0.1, -0.05) is 6.92 Å². The minimum atomic E-state index is -4.27. The van der Waals surface area contributed by atoms with Crippen LogP contribution in [0.2, 0.25) is 0 Å². The van der Waals surface area contributed by atoms with Crippen molar-refractivity contribution in [2.24, 2.45) is 0 Å². The number of nitrogen functional groups attached to an aromatic ring is 1. The molecule has 0 aliphatic rings. The highest BCUT2D eigenvalue weighted by molar-refractivity contribution is 5.56. The zero-order valence-electron chi connectivity index (χ0n) is 9.97. The number of aryl methyl sites for hydroxylation is 1. The van der Waals surface area contributed by atoms with Crippen molar-refractivity contribution in [3.63, 3.8) is 0 Å². The molecule has 0 unspecified atom stereocenters. The topological polar surface area (TPSA) is 55.0 Å². The van der Waals surface area contributed by atoms with E-state index in [1.54, 1.807) is 6.92 Å². The lowest BCUT2D eigenvalue weighted by Gasteiger charge is -2.22. The van der Waals surface area contributed by atoms with E-state index in [2.05, 4.69) is 9.97 Å². The molecule has 4 nitrogen and oxygen atoms in total. The van der Waals surface area contributed by atoms with Gasteiger partial charge < -0.3 is 10.6 Å². The fraction of sp³-hybridized carbons (Fsp3) is 0.600. The van der Waals surface area contributed by atoms with Gasteiger partial charge in [0.1, 0.15) is 24.0 Å². The van der Waals surface area contributed by atoms with Crippen LogP contribution in [-0.2, 0) is 6.42 Å². The number of alkyl halides is 3. The second-order valence-electron chi connectivity index (χ2n) is 3.80. The zero-order valence-corrected chi connectivity index (χ0v) is 9.97. The van der Waals surface area contributed by atoms with Crippen molar-refractivity contribution in [2.45, 2.75) is 26.4 Å². The average Bonchev–Trinajstić information content (AvgIpc) is 2.19. The Morgan fingerprint density at radius 1 is 1.29 bits per heavy atom. The van der Waals surface area contributed by atoms with E-state index in [0.29, 0.717) is 17.8 Å². The minimum Gasteiger partial charge on any atom is -0.383 e. The smallest absolute Gasteiger partial charge is 0.383 e. The van der Waals surface area contributed by atoms with Gasteiger partial charge in [-0.25, -0.2) is 9.97 Å². The molecule has 17 heavy (non-hydrogen) atoms. The van der Waals surface area contributed by atoms with E-state index < -0.39 is 12.7 Å².